The van der Waals surface area contributed by atoms with E-state index < -0.39 is 15.9 Å². The van der Waals surface area contributed by atoms with Crippen molar-refractivity contribution in [3.05, 3.63) is 77.0 Å². The SMILES string of the molecule is CS(=O)(=O)NCCN(CCc1c[nH]c2ccccc12)C1CCc2cc(C=CC(=O)NO)ccc21. The maximum absolute atomic E-state index is 11.6. The van der Waals surface area contributed by atoms with Crippen LogP contribution in [0.15, 0.2) is 54.7 Å². The number of H-pyrrole nitrogens is 1. The Kier molecular flexibility index (Phi) is 7.47. The van der Waals surface area contributed by atoms with Crippen molar-refractivity contribution in [2.75, 3.05) is 25.9 Å². The van der Waals surface area contributed by atoms with Crippen LogP contribution in [0.3, 0.4) is 0 Å². The van der Waals surface area contributed by atoms with E-state index in [1.54, 1.807) is 11.6 Å². The first-order valence-electron chi connectivity index (χ1n) is 11.3. The lowest BCUT2D eigenvalue weighted by Crippen LogP contribution is -2.37. The molecule has 0 saturated carbocycles. The quantitative estimate of drug-likeness (QED) is 0.202. The van der Waals surface area contributed by atoms with Crippen molar-refractivity contribution in [1.29, 1.82) is 0 Å². The number of amides is 1. The molecule has 2 aromatic carbocycles. The van der Waals surface area contributed by atoms with Crippen LogP contribution in [0.5, 0.6) is 0 Å². The van der Waals surface area contributed by atoms with E-state index in [1.165, 1.54) is 34.4 Å². The maximum atomic E-state index is 11.6. The van der Waals surface area contributed by atoms with Gasteiger partial charge in [0, 0.05) is 48.9 Å². The first-order chi connectivity index (χ1) is 16.3. The number of aryl methyl sites for hydroxylation is 1. The molecule has 0 aliphatic heterocycles. The molecule has 34 heavy (non-hydrogen) atoms. The van der Waals surface area contributed by atoms with Crippen LogP contribution >= 0.6 is 0 Å². The van der Waals surface area contributed by atoms with Gasteiger partial charge in [0.25, 0.3) is 5.91 Å². The van der Waals surface area contributed by atoms with E-state index in [2.05, 4.69) is 45.1 Å². The number of fused-ring (bicyclic) bond motifs is 2. The van der Waals surface area contributed by atoms with Gasteiger partial charge in [-0.05, 0) is 53.7 Å². The van der Waals surface area contributed by atoms with Crippen molar-refractivity contribution in [1.82, 2.24) is 20.1 Å². The molecule has 1 amide bonds. The minimum atomic E-state index is -3.25. The van der Waals surface area contributed by atoms with Gasteiger partial charge in [0.15, 0.2) is 0 Å². The number of benzene rings is 2. The fourth-order valence-corrected chi connectivity index (χ4v) is 5.17. The first-order valence-corrected chi connectivity index (χ1v) is 13.2. The number of para-hydroxylation sites is 1. The summed E-state index contributed by atoms with van der Waals surface area (Å²) in [6.45, 7) is 1.77. The third-order valence-corrected chi connectivity index (χ3v) is 7.03. The van der Waals surface area contributed by atoms with Crippen molar-refractivity contribution >= 4 is 32.9 Å². The molecule has 1 heterocycles. The number of carbonyl (C=O) groups excluding carboxylic acids is 1. The largest absolute Gasteiger partial charge is 0.361 e. The van der Waals surface area contributed by atoms with Gasteiger partial charge in [-0.1, -0.05) is 36.4 Å². The summed E-state index contributed by atoms with van der Waals surface area (Å²) < 4.78 is 25.8. The Morgan fingerprint density at radius 3 is 2.85 bits per heavy atom. The Morgan fingerprint density at radius 2 is 2.06 bits per heavy atom. The van der Waals surface area contributed by atoms with Gasteiger partial charge in [0.1, 0.15) is 0 Å². The summed E-state index contributed by atoms with van der Waals surface area (Å²) in [5, 5.41) is 9.88. The van der Waals surface area contributed by atoms with E-state index in [9.17, 15) is 13.2 Å². The molecule has 4 N–H and O–H groups in total. The van der Waals surface area contributed by atoms with Crippen LogP contribution in [0, 0.1) is 0 Å². The molecule has 0 spiro atoms. The van der Waals surface area contributed by atoms with Crippen LogP contribution in [-0.2, 0) is 27.7 Å². The van der Waals surface area contributed by atoms with Crippen molar-refractivity contribution in [3.63, 3.8) is 0 Å². The van der Waals surface area contributed by atoms with Gasteiger partial charge in [-0.25, -0.2) is 18.6 Å². The smallest absolute Gasteiger partial charge is 0.267 e. The van der Waals surface area contributed by atoms with Crippen LogP contribution in [0.2, 0.25) is 0 Å². The zero-order valence-electron chi connectivity index (χ0n) is 19.1. The van der Waals surface area contributed by atoms with Gasteiger partial charge in [0.05, 0.1) is 6.26 Å². The van der Waals surface area contributed by atoms with Gasteiger partial charge >= 0.3 is 0 Å². The van der Waals surface area contributed by atoms with Crippen molar-refractivity contribution < 1.29 is 18.4 Å². The average Bonchev–Trinajstić information content (AvgIpc) is 3.43. The molecule has 1 unspecified atom stereocenters. The minimum Gasteiger partial charge on any atom is -0.361 e. The monoisotopic (exact) mass is 482 g/mol. The number of hydroxylamine groups is 1. The number of nitrogens with zero attached hydrogens (tertiary/aromatic N) is 1. The summed E-state index contributed by atoms with van der Waals surface area (Å²) in [5.41, 5.74) is 7.32. The van der Waals surface area contributed by atoms with Gasteiger partial charge in [-0.15, -0.1) is 0 Å². The second-order valence-electron chi connectivity index (χ2n) is 8.63. The van der Waals surface area contributed by atoms with Crippen molar-refractivity contribution in [2.45, 2.75) is 25.3 Å². The van der Waals surface area contributed by atoms with Crippen molar-refractivity contribution in [2.24, 2.45) is 0 Å². The fraction of sp³-hybridized carbons (Fsp3) is 0.320. The van der Waals surface area contributed by atoms with E-state index in [4.69, 9.17) is 5.21 Å². The summed E-state index contributed by atoms with van der Waals surface area (Å²) in [6.07, 6.45) is 8.92. The Bertz CT molecular complexity index is 1300. The lowest BCUT2D eigenvalue weighted by molar-refractivity contribution is -0.124. The highest BCUT2D eigenvalue weighted by Gasteiger charge is 2.28. The number of hydrogen-bond acceptors (Lipinski definition) is 5. The number of rotatable bonds is 10. The molecule has 0 fully saturated rings. The van der Waals surface area contributed by atoms with Crippen molar-refractivity contribution in [3.8, 4) is 0 Å². The maximum Gasteiger partial charge on any atom is 0.267 e. The Balaban J connectivity index is 1.52. The Morgan fingerprint density at radius 1 is 1.24 bits per heavy atom. The lowest BCUT2D eigenvalue weighted by atomic mass is 10.0. The molecule has 3 aromatic rings. The fourth-order valence-electron chi connectivity index (χ4n) is 4.71. The zero-order valence-corrected chi connectivity index (χ0v) is 19.9. The van der Waals surface area contributed by atoms with E-state index in [1.807, 2.05) is 18.2 Å². The molecule has 180 valence electrons. The summed E-state index contributed by atoms with van der Waals surface area (Å²) in [7, 11) is -3.25. The number of aromatic nitrogens is 1. The summed E-state index contributed by atoms with van der Waals surface area (Å²) >= 11 is 0. The average molecular weight is 483 g/mol. The second-order valence-corrected chi connectivity index (χ2v) is 10.5. The number of aromatic amines is 1. The van der Waals surface area contributed by atoms with Crippen LogP contribution < -0.4 is 10.2 Å². The van der Waals surface area contributed by atoms with E-state index >= 15 is 0 Å². The first kappa shape index (κ1) is 24.2. The standard InChI is InChI=1S/C25H30N4O4S/c1-34(32,33)27-13-15-29(14-12-20-17-26-23-5-3-2-4-21(20)23)24-10-8-19-16-18(6-9-22(19)24)7-11-25(30)28-31/h2-7,9,11,16-17,24,26-27,31H,8,10,12-15H2,1H3,(H,28,30). The summed E-state index contributed by atoms with van der Waals surface area (Å²) in [4.78, 5) is 17.0. The highest BCUT2D eigenvalue weighted by molar-refractivity contribution is 7.88. The van der Waals surface area contributed by atoms with Crippen LogP contribution in [-0.4, -0.2) is 55.3 Å². The molecule has 1 aliphatic carbocycles. The van der Waals surface area contributed by atoms with Gasteiger partial charge in [-0.2, -0.15) is 0 Å². The predicted octanol–water partition coefficient (Wildman–Crippen LogP) is 2.77. The molecule has 0 bridgehead atoms. The third kappa shape index (κ3) is 5.92. The minimum absolute atomic E-state index is 0.195. The molecule has 1 aliphatic rings. The molecular weight excluding hydrogens is 452 g/mol. The normalized spacial score (nSPS) is 15.9. The third-order valence-electron chi connectivity index (χ3n) is 6.30. The lowest BCUT2D eigenvalue weighted by Gasteiger charge is -2.30. The van der Waals surface area contributed by atoms with Crippen LogP contribution in [0.1, 0.15) is 34.7 Å². The molecule has 1 atom stereocenters. The highest BCUT2D eigenvalue weighted by atomic mass is 32.2. The molecule has 1 aromatic heterocycles. The summed E-state index contributed by atoms with van der Waals surface area (Å²) in [6, 6.07) is 14.6. The van der Waals surface area contributed by atoms with Gasteiger partial charge in [0.2, 0.25) is 10.0 Å². The molecule has 0 radical (unpaired) electrons. The number of carbonyl (C=O) groups is 1. The number of nitrogens with one attached hydrogen (secondary N) is 3. The zero-order chi connectivity index (χ0) is 24.1. The Labute approximate surface area is 199 Å². The van der Waals surface area contributed by atoms with E-state index in [0.29, 0.717) is 13.1 Å². The number of hydrogen-bond donors (Lipinski definition) is 4. The number of sulfonamides is 1. The van der Waals surface area contributed by atoms with E-state index in [-0.39, 0.29) is 6.04 Å². The molecule has 9 heteroatoms. The van der Waals surface area contributed by atoms with Crippen LogP contribution in [0.25, 0.3) is 17.0 Å². The molecule has 0 saturated heterocycles. The van der Waals surface area contributed by atoms with Crippen LogP contribution in [0.4, 0.5) is 0 Å². The van der Waals surface area contributed by atoms with E-state index in [0.717, 1.165) is 36.9 Å². The van der Waals surface area contributed by atoms with Gasteiger partial charge in [-0.3, -0.25) is 14.9 Å². The van der Waals surface area contributed by atoms with Gasteiger partial charge < -0.3 is 4.98 Å². The molecular formula is C25H30N4O4S. The highest BCUT2D eigenvalue weighted by Crippen LogP contribution is 2.36. The molecule has 4 rings (SSSR count). The Hall–Kier alpha value is -2.98. The molecule has 8 nitrogen and oxygen atoms in total. The second kappa shape index (κ2) is 10.5. The predicted molar refractivity (Wildman–Crippen MR) is 133 cm³/mol. The topological polar surface area (TPSA) is 115 Å². The summed E-state index contributed by atoms with van der Waals surface area (Å²) in [5.74, 6) is -0.569.